The van der Waals surface area contributed by atoms with E-state index in [0.717, 1.165) is 0 Å². The van der Waals surface area contributed by atoms with Crippen molar-refractivity contribution < 1.29 is 22.7 Å². The molecule has 0 fully saturated rings. The number of halogens is 4. The highest BCUT2D eigenvalue weighted by Crippen LogP contribution is 2.25. The SMILES string of the molecule is COC(=O)c1ccc(NC(F)(F)F)c(I)c1. The van der Waals surface area contributed by atoms with Crippen molar-refractivity contribution in [2.75, 3.05) is 12.4 Å². The van der Waals surface area contributed by atoms with Gasteiger partial charge >= 0.3 is 12.3 Å². The monoisotopic (exact) mass is 345 g/mol. The Labute approximate surface area is 103 Å². The van der Waals surface area contributed by atoms with E-state index in [0.29, 0.717) is 0 Å². The van der Waals surface area contributed by atoms with Gasteiger partial charge in [0.15, 0.2) is 0 Å². The molecule has 0 saturated carbocycles. The lowest BCUT2D eigenvalue weighted by atomic mass is 10.2. The summed E-state index contributed by atoms with van der Waals surface area (Å²) in [4.78, 5) is 11.1. The summed E-state index contributed by atoms with van der Waals surface area (Å²) >= 11 is 1.71. The largest absolute Gasteiger partial charge is 0.482 e. The highest BCUT2D eigenvalue weighted by Gasteiger charge is 2.28. The molecule has 1 N–H and O–H groups in total. The van der Waals surface area contributed by atoms with Crippen LogP contribution >= 0.6 is 22.6 Å². The van der Waals surface area contributed by atoms with Gasteiger partial charge in [-0.05, 0) is 40.8 Å². The maximum atomic E-state index is 12.0. The molecule has 0 radical (unpaired) electrons. The normalized spacial score (nSPS) is 11.1. The standard InChI is InChI=1S/C9H7F3INO2/c1-16-8(15)5-2-3-7(6(13)4-5)14-9(10,11)12/h2-4,14H,1H3. The molecule has 0 saturated heterocycles. The third kappa shape index (κ3) is 3.54. The van der Waals surface area contributed by atoms with Crippen molar-refractivity contribution in [1.29, 1.82) is 0 Å². The number of hydrogen-bond acceptors (Lipinski definition) is 3. The first-order valence-electron chi connectivity index (χ1n) is 4.06. The lowest BCUT2D eigenvalue weighted by molar-refractivity contribution is -0.1000. The summed E-state index contributed by atoms with van der Waals surface area (Å²) in [6.45, 7) is 0. The Hall–Kier alpha value is -0.990. The van der Waals surface area contributed by atoms with Gasteiger partial charge < -0.3 is 4.74 Å². The summed E-state index contributed by atoms with van der Waals surface area (Å²) in [5.74, 6) is -0.587. The van der Waals surface area contributed by atoms with Crippen molar-refractivity contribution in [2.24, 2.45) is 0 Å². The fourth-order valence-corrected chi connectivity index (χ4v) is 1.66. The molecule has 3 nitrogen and oxygen atoms in total. The average molecular weight is 345 g/mol. The van der Waals surface area contributed by atoms with Crippen LogP contribution in [-0.4, -0.2) is 19.4 Å². The number of carbonyl (C=O) groups is 1. The van der Waals surface area contributed by atoms with E-state index in [2.05, 4.69) is 4.74 Å². The van der Waals surface area contributed by atoms with Crippen LogP contribution in [0.4, 0.5) is 18.9 Å². The second-order valence-corrected chi connectivity index (χ2v) is 3.97. The molecule has 7 heteroatoms. The molecule has 0 unspecified atom stereocenters. The van der Waals surface area contributed by atoms with E-state index in [1.54, 1.807) is 22.6 Å². The molecule has 0 bridgehead atoms. The molecule has 88 valence electrons. The summed E-state index contributed by atoms with van der Waals surface area (Å²) in [6.07, 6.45) is -4.49. The molecular formula is C9H7F3INO2. The lowest BCUT2D eigenvalue weighted by Gasteiger charge is -2.12. The van der Waals surface area contributed by atoms with Gasteiger partial charge in [0.2, 0.25) is 0 Å². The van der Waals surface area contributed by atoms with Gasteiger partial charge in [-0.3, -0.25) is 5.32 Å². The zero-order valence-electron chi connectivity index (χ0n) is 8.06. The van der Waals surface area contributed by atoms with Gasteiger partial charge in [-0.15, -0.1) is 0 Å². The topological polar surface area (TPSA) is 38.3 Å². The maximum Gasteiger partial charge on any atom is 0.482 e. The number of anilines is 1. The van der Waals surface area contributed by atoms with Gasteiger partial charge in [-0.2, -0.15) is 13.2 Å². The van der Waals surface area contributed by atoms with Crippen molar-refractivity contribution in [2.45, 2.75) is 6.30 Å². The Kier molecular flexibility index (Phi) is 4.00. The summed E-state index contributed by atoms with van der Waals surface area (Å²) in [5.41, 5.74) is 0.111. The van der Waals surface area contributed by atoms with Gasteiger partial charge in [0.25, 0.3) is 0 Å². The van der Waals surface area contributed by atoms with Crippen molar-refractivity contribution in [3.05, 3.63) is 27.3 Å². The summed E-state index contributed by atoms with van der Waals surface area (Å²) < 4.78 is 40.9. The van der Waals surface area contributed by atoms with E-state index in [1.165, 1.54) is 30.6 Å². The zero-order chi connectivity index (χ0) is 12.3. The van der Waals surface area contributed by atoms with E-state index in [1.807, 2.05) is 0 Å². The quantitative estimate of drug-likeness (QED) is 0.509. The molecule has 0 aliphatic heterocycles. The average Bonchev–Trinajstić information content (AvgIpc) is 2.18. The van der Waals surface area contributed by atoms with Crippen molar-refractivity contribution in [3.8, 4) is 0 Å². The minimum absolute atomic E-state index is 0.0965. The number of alkyl halides is 3. The molecule has 1 aromatic carbocycles. The van der Waals surface area contributed by atoms with Crippen LogP contribution < -0.4 is 5.32 Å². The number of esters is 1. The van der Waals surface area contributed by atoms with Crippen LogP contribution in [0.1, 0.15) is 10.4 Å². The Morgan fingerprint density at radius 3 is 2.50 bits per heavy atom. The molecule has 0 atom stereocenters. The molecule has 0 spiro atoms. The van der Waals surface area contributed by atoms with Gasteiger partial charge in [0.1, 0.15) is 0 Å². The van der Waals surface area contributed by atoms with E-state index >= 15 is 0 Å². The van der Waals surface area contributed by atoms with Crippen LogP contribution in [-0.2, 0) is 4.74 Å². The molecule has 16 heavy (non-hydrogen) atoms. The number of hydrogen-bond donors (Lipinski definition) is 1. The van der Waals surface area contributed by atoms with E-state index in [9.17, 15) is 18.0 Å². The first-order valence-corrected chi connectivity index (χ1v) is 5.14. The van der Waals surface area contributed by atoms with Crippen LogP contribution in [0, 0.1) is 3.57 Å². The van der Waals surface area contributed by atoms with E-state index in [4.69, 9.17) is 0 Å². The van der Waals surface area contributed by atoms with E-state index < -0.39 is 12.3 Å². The Balaban J connectivity index is 2.96. The predicted octanol–water partition coefficient (Wildman–Crippen LogP) is 3.01. The summed E-state index contributed by atoms with van der Waals surface area (Å²) in [7, 11) is 1.21. The van der Waals surface area contributed by atoms with Crippen molar-refractivity contribution >= 4 is 34.2 Å². The maximum absolute atomic E-state index is 12.0. The second kappa shape index (κ2) is 4.89. The number of nitrogens with one attached hydrogen (secondary N) is 1. The van der Waals surface area contributed by atoms with Gasteiger partial charge in [0.05, 0.1) is 18.4 Å². The third-order valence-electron chi connectivity index (χ3n) is 1.67. The first-order chi connectivity index (χ1) is 7.33. The number of ether oxygens (including phenoxy) is 1. The minimum Gasteiger partial charge on any atom is -0.465 e. The Bertz CT molecular complexity index is 406. The number of methoxy groups -OCH3 is 1. The van der Waals surface area contributed by atoms with Crippen LogP contribution in [0.3, 0.4) is 0 Å². The van der Waals surface area contributed by atoms with Crippen LogP contribution in [0.2, 0.25) is 0 Å². The van der Waals surface area contributed by atoms with Gasteiger partial charge in [-0.1, -0.05) is 0 Å². The van der Waals surface area contributed by atoms with Crippen LogP contribution in [0.25, 0.3) is 0 Å². The Morgan fingerprint density at radius 2 is 2.06 bits per heavy atom. The van der Waals surface area contributed by atoms with Crippen LogP contribution in [0.15, 0.2) is 18.2 Å². The molecule has 1 rings (SSSR count). The fraction of sp³-hybridized carbons (Fsp3) is 0.222. The van der Waals surface area contributed by atoms with Gasteiger partial charge in [-0.25, -0.2) is 4.79 Å². The second-order valence-electron chi connectivity index (χ2n) is 2.81. The third-order valence-corrected chi connectivity index (χ3v) is 2.56. The summed E-state index contributed by atoms with van der Waals surface area (Å²) in [6, 6.07) is 3.77. The van der Waals surface area contributed by atoms with Crippen molar-refractivity contribution in [1.82, 2.24) is 0 Å². The van der Waals surface area contributed by atoms with Crippen molar-refractivity contribution in [3.63, 3.8) is 0 Å². The number of carbonyl (C=O) groups excluding carboxylic acids is 1. The fourth-order valence-electron chi connectivity index (χ4n) is 1.01. The first kappa shape index (κ1) is 13.1. The molecule has 1 aromatic rings. The highest BCUT2D eigenvalue weighted by molar-refractivity contribution is 14.1. The molecule has 0 heterocycles. The zero-order valence-corrected chi connectivity index (χ0v) is 10.2. The summed E-state index contributed by atoms with van der Waals surface area (Å²) in [5, 5.41) is 1.37. The predicted molar refractivity (Wildman–Crippen MR) is 60.2 cm³/mol. The smallest absolute Gasteiger partial charge is 0.465 e. The number of benzene rings is 1. The van der Waals surface area contributed by atoms with Crippen LogP contribution in [0.5, 0.6) is 0 Å². The van der Waals surface area contributed by atoms with Gasteiger partial charge in [0, 0.05) is 3.57 Å². The molecule has 0 aromatic heterocycles. The Morgan fingerprint density at radius 1 is 1.44 bits per heavy atom. The molecular weight excluding hydrogens is 338 g/mol. The minimum atomic E-state index is -4.49. The highest BCUT2D eigenvalue weighted by atomic mass is 127. The molecule has 0 aliphatic rings. The molecule has 0 aliphatic carbocycles. The molecule has 0 amide bonds. The van der Waals surface area contributed by atoms with E-state index in [-0.39, 0.29) is 14.8 Å². The number of rotatable bonds is 2. The lowest BCUT2D eigenvalue weighted by Crippen LogP contribution is -2.21.